The molecule has 0 fully saturated rings. The lowest BCUT2D eigenvalue weighted by molar-refractivity contribution is 0.0951. The first-order chi connectivity index (χ1) is 11.3. The molecule has 3 aromatic rings. The summed E-state index contributed by atoms with van der Waals surface area (Å²) in [6.45, 7) is 0.473. The highest BCUT2D eigenvalue weighted by Crippen LogP contribution is 2.20. The third-order valence-electron chi connectivity index (χ3n) is 3.43. The zero-order valence-corrected chi connectivity index (χ0v) is 12.6. The first-order valence-corrected chi connectivity index (χ1v) is 7.41. The average molecular weight is 303 g/mol. The molecule has 0 saturated carbocycles. The van der Waals surface area contributed by atoms with Gasteiger partial charge in [0.1, 0.15) is 0 Å². The summed E-state index contributed by atoms with van der Waals surface area (Å²) in [7, 11) is 0. The Hall–Kier alpha value is -3.14. The molecule has 1 amide bonds. The van der Waals surface area contributed by atoms with E-state index in [-0.39, 0.29) is 5.91 Å². The molecule has 2 N–H and O–H groups in total. The van der Waals surface area contributed by atoms with Gasteiger partial charge in [-0.1, -0.05) is 30.3 Å². The normalized spacial score (nSPS) is 10.1. The molecule has 0 saturated heterocycles. The Kier molecular flexibility index (Phi) is 4.64. The summed E-state index contributed by atoms with van der Waals surface area (Å²) in [6.07, 6.45) is 3.43. The SMILES string of the molecule is O=C(NCc1ccncc1)c1ccccc1Nc1ccccc1. The molecule has 2 aromatic carbocycles. The maximum absolute atomic E-state index is 12.5. The second-order valence-electron chi connectivity index (χ2n) is 5.07. The van der Waals surface area contributed by atoms with Crippen LogP contribution in [-0.4, -0.2) is 10.9 Å². The Bertz CT molecular complexity index is 773. The van der Waals surface area contributed by atoms with Crippen molar-refractivity contribution in [2.45, 2.75) is 6.54 Å². The van der Waals surface area contributed by atoms with Crippen LogP contribution in [0.4, 0.5) is 11.4 Å². The van der Waals surface area contributed by atoms with E-state index in [9.17, 15) is 4.79 Å². The molecule has 1 aromatic heterocycles. The number of pyridine rings is 1. The van der Waals surface area contributed by atoms with Crippen molar-refractivity contribution in [1.82, 2.24) is 10.3 Å². The number of carbonyl (C=O) groups excluding carboxylic acids is 1. The van der Waals surface area contributed by atoms with Crippen molar-refractivity contribution < 1.29 is 4.79 Å². The number of rotatable bonds is 5. The monoisotopic (exact) mass is 303 g/mol. The van der Waals surface area contributed by atoms with Gasteiger partial charge in [0.2, 0.25) is 0 Å². The molecule has 0 unspecified atom stereocenters. The second kappa shape index (κ2) is 7.22. The van der Waals surface area contributed by atoms with E-state index in [1.165, 1.54) is 0 Å². The lowest BCUT2D eigenvalue weighted by Gasteiger charge is -2.12. The molecule has 0 aliphatic rings. The first-order valence-electron chi connectivity index (χ1n) is 7.41. The Morgan fingerprint density at radius 1 is 0.870 bits per heavy atom. The van der Waals surface area contributed by atoms with Crippen molar-refractivity contribution in [1.29, 1.82) is 0 Å². The van der Waals surface area contributed by atoms with Gasteiger partial charge in [0, 0.05) is 24.6 Å². The minimum Gasteiger partial charge on any atom is -0.355 e. The van der Waals surface area contributed by atoms with Crippen LogP contribution < -0.4 is 10.6 Å². The smallest absolute Gasteiger partial charge is 0.253 e. The van der Waals surface area contributed by atoms with E-state index < -0.39 is 0 Å². The molecule has 0 radical (unpaired) electrons. The zero-order chi connectivity index (χ0) is 15.9. The molecule has 0 atom stereocenters. The summed E-state index contributed by atoms with van der Waals surface area (Å²) < 4.78 is 0. The Balaban J connectivity index is 1.73. The van der Waals surface area contributed by atoms with Gasteiger partial charge in [-0.3, -0.25) is 9.78 Å². The van der Waals surface area contributed by atoms with E-state index in [1.807, 2.05) is 66.7 Å². The van der Waals surface area contributed by atoms with Crippen molar-refractivity contribution in [3.63, 3.8) is 0 Å². The minimum absolute atomic E-state index is 0.110. The quantitative estimate of drug-likeness (QED) is 0.754. The van der Waals surface area contributed by atoms with Crippen molar-refractivity contribution in [3.05, 3.63) is 90.3 Å². The molecule has 23 heavy (non-hydrogen) atoms. The number of carbonyl (C=O) groups is 1. The van der Waals surface area contributed by atoms with Gasteiger partial charge < -0.3 is 10.6 Å². The summed E-state index contributed by atoms with van der Waals surface area (Å²) in [5.41, 5.74) is 3.36. The van der Waals surface area contributed by atoms with E-state index in [4.69, 9.17) is 0 Å². The van der Waals surface area contributed by atoms with Crippen molar-refractivity contribution in [3.8, 4) is 0 Å². The molecule has 0 spiro atoms. The highest BCUT2D eigenvalue weighted by Gasteiger charge is 2.10. The maximum atomic E-state index is 12.5. The van der Waals surface area contributed by atoms with Crippen LogP contribution in [0.15, 0.2) is 79.1 Å². The summed E-state index contributed by atoms with van der Waals surface area (Å²) in [5, 5.41) is 6.22. The summed E-state index contributed by atoms with van der Waals surface area (Å²) in [4.78, 5) is 16.4. The molecular weight excluding hydrogens is 286 g/mol. The molecule has 1 heterocycles. The lowest BCUT2D eigenvalue weighted by atomic mass is 10.1. The largest absolute Gasteiger partial charge is 0.355 e. The van der Waals surface area contributed by atoms with Gasteiger partial charge in [-0.05, 0) is 42.0 Å². The van der Waals surface area contributed by atoms with E-state index >= 15 is 0 Å². The Morgan fingerprint density at radius 3 is 2.35 bits per heavy atom. The number of benzene rings is 2. The molecule has 0 aliphatic heterocycles. The van der Waals surface area contributed by atoms with Gasteiger partial charge in [-0.2, -0.15) is 0 Å². The van der Waals surface area contributed by atoms with Crippen LogP contribution >= 0.6 is 0 Å². The van der Waals surface area contributed by atoms with Crippen LogP contribution in [0.2, 0.25) is 0 Å². The number of anilines is 2. The minimum atomic E-state index is -0.110. The van der Waals surface area contributed by atoms with Gasteiger partial charge in [-0.15, -0.1) is 0 Å². The van der Waals surface area contributed by atoms with Crippen LogP contribution in [0.1, 0.15) is 15.9 Å². The summed E-state index contributed by atoms with van der Waals surface area (Å²) in [6, 6.07) is 21.0. The molecule has 0 aliphatic carbocycles. The average Bonchev–Trinajstić information content (AvgIpc) is 2.62. The fourth-order valence-electron chi connectivity index (χ4n) is 2.25. The number of amides is 1. The molecule has 4 nitrogen and oxygen atoms in total. The Labute approximate surface area is 135 Å². The predicted octanol–water partition coefficient (Wildman–Crippen LogP) is 3.76. The topological polar surface area (TPSA) is 54.0 Å². The third-order valence-corrected chi connectivity index (χ3v) is 3.43. The van der Waals surface area contributed by atoms with Gasteiger partial charge in [0.05, 0.1) is 11.3 Å². The van der Waals surface area contributed by atoms with E-state index in [0.29, 0.717) is 12.1 Å². The van der Waals surface area contributed by atoms with E-state index in [0.717, 1.165) is 16.9 Å². The van der Waals surface area contributed by atoms with Gasteiger partial charge in [0.15, 0.2) is 0 Å². The lowest BCUT2D eigenvalue weighted by Crippen LogP contribution is -2.23. The molecule has 0 bridgehead atoms. The Morgan fingerprint density at radius 2 is 1.57 bits per heavy atom. The van der Waals surface area contributed by atoms with Crippen molar-refractivity contribution in [2.75, 3.05) is 5.32 Å². The number of aromatic nitrogens is 1. The van der Waals surface area contributed by atoms with Crippen LogP contribution in [0.3, 0.4) is 0 Å². The number of hydrogen-bond acceptors (Lipinski definition) is 3. The van der Waals surface area contributed by atoms with Crippen molar-refractivity contribution >= 4 is 17.3 Å². The van der Waals surface area contributed by atoms with Crippen LogP contribution in [-0.2, 0) is 6.54 Å². The predicted molar refractivity (Wildman–Crippen MR) is 91.6 cm³/mol. The number of hydrogen-bond donors (Lipinski definition) is 2. The number of para-hydroxylation sites is 2. The third kappa shape index (κ3) is 3.95. The standard InChI is InChI=1S/C19H17N3O/c23-19(21-14-15-10-12-20-13-11-15)17-8-4-5-9-18(17)22-16-6-2-1-3-7-16/h1-13,22H,14H2,(H,21,23). The van der Waals surface area contributed by atoms with Gasteiger partial charge in [-0.25, -0.2) is 0 Å². The van der Waals surface area contributed by atoms with Crippen LogP contribution in [0.5, 0.6) is 0 Å². The van der Waals surface area contributed by atoms with Crippen LogP contribution in [0, 0.1) is 0 Å². The van der Waals surface area contributed by atoms with Crippen molar-refractivity contribution in [2.24, 2.45) is 0 Å². The van der Waals surface area contributed by atoms with E-state index in [1.54, 1.807) is 12.4 Å². The maximum Gasteiger partial charge on any atom is 0.253 e. The first kappa shape index (κ1) is 14.8. The number of nitrogens with zero attached hydrogens (tertiary/aromatic N) is 1. The molecular formula is C19H17N3O. The fraction of sp³-hybridized carbons (Fsp3) is 0.0526. The molecule has 114 valence electrons. The highest BCUT2D eigenvalue weighted by molar-refractivity contribution is 6.00. The fourth-order valence-corrected chi connectivity index (χ4v) is 2.25. The zero-order valence-electron chi connectivity index (χ0n) is 12.6. The summed E-state index contributed by atoms with van der Waals surface area (Å²) >= 11 is 0. The highest BCUT2D eigenvalue weighted by atomic mass is 16.1. The molecule has 3 rings (SSSR count). The number of nitrogens with one attached hydrogen (secondary N) is 2. The summed E-state index contributed by atoms with van der Waals surface area (Å²) in [5.74, 6) is -0.110. The second-order valence-corrected chi connectivity index (χ2v) is 5.07. The van der Waals surface area contributed by atoms with Crippen LogP contribution in [0.25, 0.3) is 0 Å². The van der Waals surface area contributed by atoms with E-state index in [2.05, 4.69) is 15.6 Å². The molecule has 4 heteroatoms. The van der Waals surface area contributed by atoms with Gasteiger partial charge in [0.25, 0.3) is 5.91 Å². The van der Waals surface area contributed by atoms with Gasteiger partial charge >= 0.3 is 0 Å².